The summed E-state index contributed by atoms with van der Waals surface area (Å²) in [5.74, 6) is -1.69. The third-order valence-electron chi connectivity index (χ3n) is 1.84. The number of aromatic carboxylic acids is 1. The smallest absolute Gasteiger partial charge is 0.338 e. The number of amides is 1. The zero-order valence-electron chi connectivity index (χ0n) is 8.77. The van der Waals surface area contributed by atoms with Crippen molar-refractivity contribution in [2.45, 2.75) is 0 Å². The Morgan fingerprint density at radius 2 is 2.31 bits per heavy atom. The van der Waals surface area contributed by atoms with Gasteiger partial charge in [0.2, 0.25) is 0 Å². The summed E-state index contributed by atoms with van der Waals surface area (Å²) in [6.45, 7) is 0.673. The number of pyridine rings is 1. The molecule has 0 bridgehead atoms. The van der Waals surface area contributed by atoms with Crippen LogP contribution in [0.2, 0.25) is 0 Å². The van der Waals surface area contributed by atoms with Gasteiger partial charge in [-0.1, -0.05) is 0 Å². The van der Waals surface area contributed by atoms with E-state index >= 15 is 0 Å². The van der Waals surface area contributed by atoms with Gasteiger partial charge in [0, 0.05) is 19.9 Å². The first-order valence-corrected chi connectivity index (χ1v) is 4.62. The SMILES string of the molecule is COCCNC(=O)c1ncccc1C(=O)O. The van der Waals surface area contributed by atoms with Crippen LogP contribution in [0, 0.1) is 0 Å². The molecule has 1 aromatic rings. The maximum atomic E-state index is 11.6. The molecule has 1 heterocycles. The van der Waals surface area contributed by atoms with E-state index in [1.807, 2.05) is 0 Å². The number of ether oxygens (including phenoxy) is 1. The van der Waals surface area contributed by atoms with Crippen molar-refractivity contribution >= 4 is 11.9 Å². The molecule has 1 rings (SSSR count). The van der Waals surface area contributed by atoms with Crippen LogP contribution < -0.4 is 5.32 Å². The van der Waals surface area contributed by atoms with Gasteiger partial charge >= 0.3 is 5.97 Å². The first-order valence-electron chi connectivity index (χ1n) is 4.62. The average Bonchev–Trinajstić information content (AvgIpc) is 2.29. The number of carbonyl (C=O) groups excluding carboxylic acids is 1. The number of carboxylic acids is 1. The van der Waals surface area contributed by atoms with Gasteiger partial charge in [0.05, 0.1) is 12.2 Å². The van der Waals surface area contributed by atoms with Crippen LogP contribution in [0.5, 0.6) is 0 Å². The fourth-order valence-electron chi connectivity index (χ4n) is 1.11. The van der Waals surface area contributed by atoms with Gasteiger partial charge in [-0.2, -0.15) is 0 Å². The second-order valence-corrected chi connectivity index (χ2v) is 2.95. The second-order valence-electron chi connectivity index (χ2n) is 2.95. The van der Waals surface area contributed by atoms with E-state index in [9.17, 15) is 9.59 Å². The number of nitrogens with one attached hydrogen (secondary N) is 1. The highest BCUT2D eigenvalue weighted by atomic mass is 16.5. The van der Waals surface area contributed by atoms with Gasteiger partial charge in [0.1, 0.15) is 5.69 Å². The van der Waals surface area contributed by atoms with Crippen molar-refractivity contribution in [1.29, 1.82) is 0 Å². The van der Waals surface area contributed by atoms with E-state index in [1.54, 1.807) is 0 Å². The molecule has 0 atom stereocenters. The summed E-state index contributed by atoms with van der Waals surface area (Å²) < 4.78 is 4.75. The van der Waals surface area contributed by atoms with E-state index < -0.39 is 11.9 Å². The third-order valence-corrected chi connectivity index (χ3v) is 1.84. The summed E-state index contributed by atoms with van der Waals surface area (Å²) in [6.07, 6.45) is 1.37. The summed E-state index contributed by atoms with van der Waals surface area (Å²) >= 11 is 0. The molecule has 0 fully saturated rings. The first kappa shape index (κ1) is 12.1. The summed E-state index contributed by atoms with van der Waals surface area (Å²) in [7, 11) is 1.51. The number of hydrogen-bond acceptors (Lipinski definition) is 4. The molecule has 6 nitrogen and oxygen atoms in total. The largest absolute Gasteiger partial charge is 0.478 e. The van der Waals surface area contributed by atoms with Gasteiger partial charge < -0.3 is 15.2 Å². The molecule has 0 aromatic carbocycles. The molecular weight excluding hydrogens is 212 g/mol. The molecule has 0 spiro atoms. The third kappa shape index (κ3) is 3.03. The zero-order valence-corrected chi connectivity index (χ0v) is 8.77. The second kappa shape index (κ2) is 5.82. The summed E-state index contributed by atoms with van der Waals surface area (Å²) in [5.41, 5.74) is -0.205. The molecule has 0 saturated carbocycles. The Morgan fingerprint density at radius 3 is 2.94 bits per heavy atom. The molecule has 1 amide bonds. The normalized spacial score (nSPS) is 9.81. The number of carboxylic acid groups (broad SMARTS) is 1. The van der Waals surface area contributed by atoms with Crippen molar-refractivity contribution in [2.75, 3.05) is 20.3 Å². The molecule has 2 N–H and O–H groups in total. The fraction of sp³-hybridized carbons (Fsp3) is 0.300. The van der Waals surface area contributed by atoms with Crippen LogP contribution in [0.3, 0.4) is 0 Å². The fourth-order valence-corrected chi connectivity index (χ4v) is 1.11. The number of aromatic nitrogens is 1. The quantitative estimate of drug-likeness (QED) is 0.695. The lowest BCUT2D eigenvalue weighted by molar-refractivity contribution is 0.0689. The molecule has 16 heavy (non-hydrogen) atoms. The highest BCUT2D eigenvalue weighted by molar-refractivity contribution is 6.03. The maximum Gasteiger partial charge on any atom is 0.338 e. The molecule has 1 aromatic heterocycles. The standard InChI is InChI=1S/C10H12N2O4/c1-16-6-5-12-9(13)8-7(10(14)15)3-2-4-11-8/h2-4H,5-6H2,1H3,(H,12,13)(H,14,15). The predicted octanol–water partition coefficient (Wildman–Crippen LogP) is 0.156. The molecule has 0 aliphatic carbocycles. The number of nitrogens with zero attached hydrogens (tertiary/aromatic N) is 1. The van der Waals surface area contributed by atoms with Crippen molar-refractivity contribution in [3.05, 3.63) is 29.6 Å². The van der Waals surface area contributed by atoms with Crippen LogP contribution in [0.25, 0.3) is 0 Å². The summed E-state index contributed by atoms with van der Waals surface area (Å²) in [4.78, 5) is 26.1. The van der Waals surface area contributed by atoms with Crippen molar-refractivity contribution in [3.63, 3.8) is 0 Å². The Bertz CT molecular complexity index is 392. The molecule has 0 radical (unpaired) electrons. The van der Waals surface area contributed by atoms with Crippen LogP contribution >= 0.6 is 0 Å². The van der Waals surface area contributed by atoms with Gasteiger partial charge in [-0.25, -0.2) is 4.79 Å². The van der Waals surface area contributed by atoms with E-state index in [1.165, 1.54) is 25.4 Å². The molecule has 6 heteroatoms. The Labute approximate surface area is 92.3 Å². The van der Waals surface area contributed by atoms with E-state index in [0.29, 0.717) is 13.2 Å². The Balaban J connectivity index is 2.78. The number of rotatable bonds is 5. The Morgan fingerprint density at radius 1 is 1.56 bits per heavy atom. The van der Waals surface area contributed by atoms with Gasteiger partial charge in [0.15, 0.2) is 0 Å². The van der Waals surface area contributed by atoms with E-state index in [2.05, 4.69) is 10.3 Å². The summed E-state index contributed by atoms with van der Waals surface area (Å²) in [5, 5.41) is 11.3. The van der Waals surface area contributed by atoms with Gasteiger partial charge in [-0.3, -0.25) is 9.78 Å². The molecule has 0 aliphatic heterocycles. The van der Waals surface area contributed by atoms with Crippen molar-refractivity contribution < 1.29 is 19.4 Å². The van der Waals surface area contributed by atoms with E-state index in [-0.39, 0.29) is 11.3 Å². The Hall–Kier alpha value is -1.95. The van der Waals surface area contributed by atoms with Crippen molar-refractivity contribution in [1.82, 2.24) is 10.3 Å². The maximum absolute atomic E-state index is 11.6. The Kier molecular flexibility index (Phi) is 4.41. The zero-order chi connectivity index (χ0) is 12.0. The van der Waals surface area contributed by atoms with Crippen LogP contribution in [-0.2, 0) is 4.74 Å². The lowest BCUT2D eigenvalue weighted by atomic mass is 10.2. The number of hydrogen-bond donors (Lipinski definition) is 2. The van der Waals surface area contributed by atoms with Gasteiger partial charge in [0.25, 0.3) is 5.91 Å². The number of carbonyl (C=O) groups is 2. The average molecular weight is 224 g/mol. The van der Waals surface area contributed by atoms with E-state index in [4.69, 9.17) is 9.84 Å². The highest BCUT2D eigenvalue weighted by Gasteiger charge is 2.16. The molecule has 0 unspecified atom stereocenters. The van der Waals surface area contributed by atoms with Gasteiger partial charge in [-0.15, -0.1) is 0 Å². The minimum atomic E-state index is -1.18. The minimum absolute atomic E-state index is 0.0916. The molecule has 86 valence electrons. The lowest BCUT2D eigenvalue weighted by Crippen LogP contribution is -2.29. The van der Waals surface area contributed by atoms with Gasteiger partial charge in [-0.05, 0) is 12.1 Å². The van der Waals surface area contributed by atoms with Crippen LogP contribution in [0.1, 0.15) is 20.8 Å². The van der Waals surface area contributed by atoms with E-state index in [0.717, 1.165) is 0 Å². The van der Waals surface area contributed by atoms with Crippen LogP contribution in [-0.4, -0.2) is 42.2 Å². The minimum Gasteiger partial charge on any atom is -0.478 e. The van der Waals surface area contributed by atoms with Crippen LogP contribution in [0.15, 0.2) is 18.3 Å². The topological polar surface area (TPSA) is 88.5 Å². The monoisotopic (exact) mass is 224 g/mol. The number of methoxy groups -OCH3 is 1. The lowest BCUT2D eigenvalue weighted by Gasteiger charge is -2.05. The molecule has 0 aliphatic rings. The highest BCUT2D eigenvalue weighted by Crippen LogP contribution is 2.04. The predicted molar refractivity (Wildman–Crippen MR) is 55.4 cm³/mol. The van der Waals surface area contributed by atoms with Crippen molar-refractivity contribution in [3.8, 4) is 0 Å². The first-order chi connectivity index (χ1) is 7.66. The molecular formula is C10H12N2O4. The molecule has 0 saturated heterocycles. The van der Waals surface area contributed by atoms with Crippen LogP contribution in [0.4, 0.5) is 0 Å². The van der Waals surface area contributed by atoms with Crippen molar-refractivity contribution in [2.24, 2.45) is 0 Å². The summed E-state index contributed by atoms with van der Waals surface area (Å²) in [6, 6.07) is 2.80.